The van der Waals surface area contributed by atoms with E-state index in [0.717, 1.165) is 22.0 Å². The van der Waals surface area contributed by atoms with Gasteiger partial charge in [-0.3, -0.25) is 9.78 Å². The fourth-order valence-corrected chi connectivity index (χ4v) is 3.09. The highest BCUT2D eigenvalue weighted by atomic mass is 16.5. The lowest BCUT2D eigenvalue weighted by Gasteiger charge is -2.10. The Hall–Kier alpha value is -4.17. The molecule has 0 spiro atoms. The normalized spacial score (nSPS) is 10.4. The number of rotatable bonds is 5. The first-order valence-corrected chi connectivity index (χ1v) is 9.42. The zero-order valence-electron chi connectivity index (χ0n) is 16.3. The average molecular weight is 394 g/mol. The molecule has 5 nitrogen and oxygen atoms in total. The second kappa shape index (κ2) is 8.46. The Kier molecular flexibility index (Phi) is 5.40. The first-order chi connectivity index (χ1) is 14.6. The van der Waals surface area contributed by atoms with E-state index in [-0.39, 0.29) is 12.4 Å². The standard InChI is InChI=1S/C25H18N2O3/c1-17-14-23-21(16-22(17)26-2)24(12-13-27-23)29-20-10-8-18(9-11-20)15-25(28)30-19-6-4-3-5-7-19/h3-14,16H,15H2,1H3. The van der Waals surface area contributed by atoms with Crippen molar-refractivity contribution in [2.45, 2.75) is 13.3 Å². The Morgan fingerprint density at radius 1 is 1.00 bits per heavy atom. The molecule has 0 aliphatic rings. The average Bonchev–Trinajstić information content (AvgIpc) is 2.75. The minimum atomic E-state index is -0.322. The van der Waals surface area contributed by atoms with Gasteiger partial charge in [0.15, 0.2) is 5.69 Å². The maximum Gasteiger partial charge on any atom is 0.315 e. The summed E-state index contributed by atoms with van der Waals surface area (Å²) >= 11 is 0. The Bertz CT molecular complexity index is 1240. The van der Waals surface area contributed by atoms with Gasteiger partial charge >= 0.3 is 5.97 Å². The summed E-state index contributed by atoms with van der Waals surface area (Å²) in [4.78, 5) is 20.0. The number of hydrogen-bond donors (Lipinski definition) is 0. The second-order valence-electron chi connectivity index (χ2n) is 6.79. The lowest BCUT2D eigenvalue weighted by molar-refractivity contribution is -0.133. The number of hydrogen-bond acceptors (Lipinski definition) is 4. The molecule has 30 heavy (non-hydrogen) atoms. The smallest absolute Gasteiger partial charge is 0.315 e. The molecule has 0 N–H and O–H groups in total. The third-order valence-corrected chi connectivity index (χ3v) is 4.61. The number of esters is 1. The predicted octanol–water partition coefficient (Wildman–Crippen LogP) is 6.03. The van der Waals surface area contributed by atoms with Gasteiger partial charge in [-0.25, -0.2) is 4.85 Å². The van der Waals surface area contributed by atoms with Crippen molar-refractivity contribution in [3.8, 4) is 17.2 Å². The first-order valence-electron chi connectivity index (χ1n) is 9.42. The minimum absolute atomic E-state index is 0.168. The van der Waals surface area contributed by atoms with Crippen LogP contribution in [0.4, 0.5) is 5.69 Å². The van der Waals surface area contributed by atoms with Crippen LogP contribution in [-0.4, -0.2) is 11.0 Å². The van der Waals surface area contributed by atoms with Crippen molar-refractivity contribution in [1.82, 2.24) is 4.98 Å². The topological polar surface area (TPSA) is 52.8 Å². The van der Waals surface area contributed by atoms with Crippen molar-refractivity contribution in [2.24, 2.45) is 0 Å². The molecule has 0 saturated carbocycles. The molecule has 0 unspecified atom stereocenters. The number of nitrogens with zero attached hydrogens (tertiary/aromatic N) is 2. The summed E-state index contributed by atoms with van der Waals surface area (Å²) < 4.78 is 11.4. The van der Waals surface area contributed by atoms with E-state index in [0.29, 0.717) is 22.9 Å². The van der Waals surface area contributed by atoms with Gasteiger partial charge in [0, 0.05) is 11.6 Å². The molecule has 146 valence electrons. The van der Waals surface area contributed by atoms with E-state index in [1.807, 2.05) is 43.3 Å². The van der Waals surface area contributed by atoms with E-state index >= 15 is 0 Å². The van der Waals surface area contributed by atoms with Crippen molar-refractivity contribution >= 4 is 22.6 Å². The summed E-state index contributed by atoms with van der Waals surface area (Å²) in [5, 5.41) is 0.782. The quantitative estimate of drug-likeness (QED) is 0.235. The maximum atomic E-state index is 12.1. The second-order valence-corrected chi connectivity index (χ2v) is 6.79. The van der Waals surface area contributed by atoms with Crippen LogP contribution in [0.5, 0.6) is 17.2 Å². The molecule has 0 fully saturated rings. The number of ether oxygens (including phenoxy) is 2. The summed E-state index contributed by atoms with van der Waals surface area (Å²) in [6, 6.07) is 21.7. The number of para-hydroxylation sites is 1. The van der Waals surface area contributed by atoms with Gasteiger partial charge in [0.1, 0.15) is 17.2 Å². The Morgan fingerprint density at radius 3 is 2.50 bits per heavy atom. The third-order valence-electron chi connectivity index (χ3n) is 4.61. The molecule has 0 bridgehead atoms. The fraction of sp³-hybridized carbons (Fsp3) is 0.0800. The maximum absolute atomic E-state index is 12.1. The number of benzene rings is 3. The SMILES string of the molecule is [C-]#[N+]c1cc2c(Oc3ccc(CC(=O)Oc4ccccc4)cc3)ccnc2cc1C. The molecule has 0 aliphatic heterocycles. The van der Waals surface area contributed by atoms with E-state index < -0.39 is 0 Å². The summed E-state index contributed by atoms with van der Waals surface area (Å²) in [6.45, 7) is 9.22. The van der Waals surface area contributed by atoms with Crippen LogP contribution in [0.2, 0.25) is 0 Å². The summed E-state index contributed by atoms with van der Waals surface area (Å²) in [7, 11) is 0. The highest BCUT2D eigenvalue weighted by molar-refractivity contribution is 5.89. The van der Waals surface area contributed by atoms with E-state index in [4.69, 9.17) is 16.0 Å². The summed E-state index contributed by atoms with van der Waals surface area (Å²) in [6.07, 6.45) is 1.85. The molecule has 5 heteroatoms. The molecule has 0 amide bonds. The van der Waals surface area contributed by atoms with Crippen molar-refractivity contribution in [3.05, 3.63) is 102 Å². The highest BCUT2D eigenvalue weighted by Gasteiger charge is 2.10. The zero-order chi connectivity index (χ0) is 20.9. The molecular weight excluding hydrogens is 376 g/mol. The Balaban J connectivity index is 1.49. The number of carbonyl (C=O) groups excluding carboxylic acids is 1. The van der Waals surface area contributed by atoms with Crippen molar-refractivity contribution < 1.29 is 14.3 Å². The third kappa shape index (κ3) is 4.29. The Labute approximate surface area is 174 Å². The van der Waals surface area contributed by atoms with Gasteiger partial charge < -0.3 is 9.47 Å². The predicted molar refractivity (Wildman–Crippen MR) is 115 cm³/mol. The number of carbonyl (C=O) groups is 1. The largest absolute Gasteiger partial charge is 0.457 e. The van der Waals surface area contributed by atoms with Gasteiger partial charge in [0.25, 0.3) is 0 Å². The molecule has 0 saturated heterocycles. The minimum Gasteiger partial charge on any atom is -0.457 e. The van der Waals surface area contributed by atoms with Crippen LogP contribution in [0.1, 0.15) is 11.1 Å². The van der Waals surface area contributed by atoms with Gasteiger partial charge in [-0.1, -0.05) is 30.3 Å². The summed E-state index contributed by atoms with van der Waals surface area (Å²) in [5.74, 6) is 1.46. The van der Waals surface area contributed by atoms with Gasteiger partial charge in [-0.2, -0.15) is 0 Å². The molecule has 1 aromatic heterocycles. The van der Waals surface area contributed by atoms with Crippen LogP contribution >= 0.6 is 0 Å². The van der Waals surface area contributed by atoms with Gasteiger partial charge in [-0.05, 0) is 60.5 Å². The van der Waals surface area contributed by atoms with E-state index in [1.165, 1.54) is 0 Å². The van der Waals surface area contributed by atoms with Gasteiger partial charge in [0.05, 0.1) is 18.5 Å². The molecule has 4 aromatic rings. The number of fused-ring (bicyclic) bond motifs is 1. The fourth-order valence-electron chi connectivity index (χ4n) is 3.09. The molecule has 4 rings (SSSR count). The van der Waals surface area contributed by atoms with E-state index in [1.54, 1.807) is 42.6 Å². The highest BCUT2D eigenvalue weighted by Crippen LogP contribution is 2.33. The molecule has 0 aliphatic carbocycles. The van der Waals surface area contributed by atoms with Crippen LogP contribution in [-0.2, 0) is 11.2 Å². The van der Waals surface area contributed by atoms with Crippen LogP contribution in [0, 0.1) is 13.5 Å². The van der Waals surface area contributed by atoms with Crippen LogP contribution < -0.4 is 9.47 Å². The van der Waals surface area contributed by atoms with Crippen molar-refractivity contribution in [2.75, 3.05) is 0 Å². The molecule has 1 heterocycles. The molecule has 0 atom stereocenters. The van der Waals surface area contributed by atoms with Crippen molar-refractivity contribution in [3.63, 3.8) is 0 Å². The van der Waals surface area contributed by atoms with Gasteiger partial charge in [-0.15, -0.1) is 0 Å². The lowest BCUT2D eigenvalue weighted by Crippen LogP contribution is -2.11. The van der Waals surface area contributed by atoms with E-state index in [2.05, 4.69) is 9.83 Å². The zero-order valence-corrected chi connectivity index (χ0v) is 16.3. The number of aryl methyl sites for hydroxylation is 1. The number of pyridine rings is 1. The molecule has 3 aromatic carbocycles. The lowest BCUT2D eigenvalue weighted by atomic mass is 10.1. The first kappa shape index (κ1) is 19.2. The molecular formula is C25H18N2O3. The Morgan fingerprint density at radius 2 is 1.77 bits per heavy atom. The van der Waals surface area contributed by atoms with Crippen LogP contribution in [0.3, 0.4) is 0 Å². The van der Waals surface area contributed by atoms with Gasteiger partial charge in [0.2, 0.25) is 0 Å². The van der Waals surface area contributed by atoms with E-state index in [9.17, 15) is 4.79 Å². The number of aromatic nitrogens is 1. The molecule has 0 radical (unpaired) electrons. The van der Waals surface area contributed by atoms with Crippen molar-refractivity contribution in [1.29, 1.82) is 0 Å². The monoisotopic (exact) mass is 394 g/mol. The van der Waals surface area contributed by atoms with Crippen LogP contribution in [0.15, 0.2) is 79.0 Å². The van der Waals surface area contributed by atoms with Crippen LogP contribution in [0.25, 0.3) is 15.7 Å². The summed E-state index contributed by atoms with van der Waals surface area (Å²) in [5.41, 5.74) is 3.06.